The summed E-state index contributed by atoms with van der Waals surface area (Å²) in [7, 11) is 0. The van der Waals surface area contributed by atoms with Crippen LogP contribution in [-0.4, -0.2) is 14.1 Å². The fourth-order valence-electron chi connectivity index (χ4n) is 9.68. The van der Waals surface area contributed by atoms with Gasteiger partial charge in [0.15, 0.2) is 11.0 Å². The van der Waals surface area contributed by atoms with E-state index in [-0.39, 0.29) is 5.41 Å². The average Bonchev–Trinajstić information content (AvgIpc) is 3.88. The average molecular weight is 812 g/mol. The maximum atomic E-state index is 6.82. The highest BCUT2D eigenvalue weighted by atomic mass is 16.5. The van der Waals surface area contributed by atoms with Crippen molar-refractivity contribution in [3.05, 3.63) is 212 Å². The minimum atomic E-state index is -0.0133. The number of nitrogens with zero attached hydrogens (tertiary/aromatic N) is 4. The van der Waals surface area contributed by atoms with Crippen LogP contribution in [0.25, 0.3) is 94.5 Å². The molecule has 0 bridgehead atoms. The zero-order chi connectivity index (χ0) is 42.2. The van der Waals surface area contributed by atoms with E-state index in [9.17, 15) is 0 Å². The summed E-state index contributed by atoms with van der Waals surface area (Å²) in [5.74, 6) is 2.39. The van der Waals surface area contributed by atoms with Crippen LogP contribution in [0.2, 0.25) is 0 Å². The van der Waals surface area contributed by atoms with Gasteiger partial charge in [0.2, 0.25) is 0 Å². The van der Waals surface area contributed by atoms with Crippen molar-refractivity contribution >= 4 is 32.8 Å². The Morgan fingerprint density at radius 3 is 1.87 bits per heavy atom. The first-order chi connectivity index (χ1) is 30.9. The largest absolute Gasteiger partial charge is 0.457 e. The second-order valence-electron chi connectivity index (χ2n) is 17.5. The van der Waals surface area contributed by atoms with Crippen LogP contribution in [0.1, 0.15) is 26.3 Å². The molecule has 0 aliphatic carbocycles. The number of rotatable bonds is 5. The quantitative estimate of drug-likeness (QED) is 0.162. The highest BCUT2D eigenvalue weighted by Gasteiger charge is 2.30. The minimum Gasteiger partial charge on any atom is -0.457 e. The molecular formula is C58H43N4O+. The third-order valence-electron chi connectivity index (χ3n) is 12.6. The maximum Gasteiger partial charge on any atom is 0.255 e. The Bertz CT molecular complexity index is 3590. The highest BCUT2D eigenvalue weighted by molar-refractivity contribution is 6.09. The molecule has 0 unspecified atom stereocenters. The van der Waals surface area contributed by atoms with Crippen molar-refractivity contribution in [2.24, 2.45) is 0 Å². The second kappa shape index (κ2) is 14.3. The van der Waals surface area contributed by atoms with Crippen LogP contribution in [0.15, 0.2) is 207 Å². The Hall–Kier alpha value is -8.02. The van der Waals surface area contributed by atoms with E-state index >= 15 is 0 Å². The summed E-state index contributed by atoms with van der Waals surface area (Å²) in [6, 6.07) is 69.5. The molecule has 0 fully saturated rings. The summed E-state index contributed by atoms with van der Waals surface area (Å²) >= 11 is 0. The molecule has 0 amide bonds. The van der Waals surface area contributed by atoms with Crippen molar-refractivity contribution in [1.29, 1.82) is 0 Å². The van der Waals surface area contributed by atoms with E-state index in [0.29, 0.717) is 0 Å². The Morgan fingerprint density at radius 1 is 0.476 bits per heavy atom. The number of benzene rings is 8. The SMILES string of the molecule is CC(C)(C)c1ccnc(-n2c3ccccc3c3ccc(Oc4cccc(-n5c[n+]6c7c(cccc75)-c5ccccc5-c5ccccc5-c5cccc(-c7ccccc7)c5-6)c4)cc32)c1. The lowest BCUT2D eigenvalue weighted by molar-refractivity contribution is -0.566. The molecule has 5 heteroatoms. The van der Waals surface area contributed by atoms with Gasteiger partial charge in [-0.2, -0.15) is 9.13 Å². The van der Waals surface area contributed by atoms with Gasteiger partial charge in [-0.3, -0.25) is 4.57 Å². The lowest BCUT2D eigenvalue weighted by atomic mass is 9.88. The van der Waals surface area contributed by atoms with Gasteiger partial charge in [-0.1, -0.05) is 148 Å². The van der Waals surface area contributed by atoms with Gasteiger partial charge in [-0.15, -0.1) is 0 Å². The molecule has 11 aromatic rings. The van der Waals surface area contributed by atoms with Crippen molar-refractivity contribution in [2.45, 2.75) is 26.2 Å². The van der Waals surface area contributed by atoms with Crippen LogP contribution in [0, 0.1) is 0 Å². The van der Waals surface area contributed by atoms with Gasteiger partial charge < -0.3 is 4.74 Å². The Kier molecular flexibility index (Phi) is 8.35. The predicted molar refractivity (Wildman–Crippen MR) is 257 cm³/mol. The fraction of sp³-hybridized carbons (Fsp3) is 0.0690. The molecule has 0 N–H and O–H groups in total. The molecule has 1 aliphatic rings. The lowest BCUT2D eigenvalue weighted by Crippen LogP contribution is -2.31. The third-order valence-corrected chi connectivity index (χ3v) is 12.6. The van der Waals surface area contributed by atoms with Crippen molar-refractivity contribution in [3.8, 4) is 73.2 Å². The first-order valence-electron chi connectivity index (χ1n) is 21.6. The van der Waals surface area contributed by atoms with Crippen LogP contribution in [0.4, 0.5) is 0 Å². The summed E-state index contributed by atoms with van der Waals surface area (Å²) in [6.07, 6.45) is 4.18. The minimum absolute atomic E-state index is 0.0133. The number of para-hydroxylation sites is 3. The Balaban J connectivity index is 1.04. The molecule has 8 aromatic carbocycles. The molecule has 300 valence electrons. The molecule has 0 saturated carbocycles. The fourth-order valence-corrected chi connectivity index (χ4v) is 9.68. The monoisotopic (exact) mass is 811 g/mol. The van der Waals surface area contributed by atoms with Crippen molar-refractivity contribution in [1.82, 2.24) is 14.1 Å². The third kappa shape index (κ3) is 5.99. The van der Waals surface area contributed by atoms with Crippen LogP contribution in [0.3, 0.4) is 0 Å². The number of hydrogen-bond acceptors (Lipinski definition) is 2. The molecule has 0 saturated heterocycles. The van der Waals surface area contributed by atoms with E-state index < -0.39 is 0 Å². The summed E-state index contributed by atoms with van der Waals surface area (Å²) in [4.78, 5) is 4.89. The predicted octanol–water partition coefficient (Wildman–Crippen LogP) is 14.5. The molecule has 63 heavy (non-hydrogen) atoms. The zero-order valence-corrected chi connectivity index (χ0v) is 35.3. The van der Waals surface area contributed by atoms with Crippen molar-refractivity contribution in [3.63, 3.8) is 0 Å². The molecule has 5 nitrogen and oxygen atoms in total. The summed E-state index contributed by atoms with van der Waals surface area (Å²) in [6.45, 7) is 6.72. The number of aromatic nitrogens is 4. The topological polar surface area (TPSA) is 35.9 Å². The van der Waals surface area contributed by atoms with E-state index in [0.717, 1.165) is 61.7 Å². The number of ether oxygens (including phenoxy) is 1. The highest BCUT2D eigenvalue weighted by Crippen LogP contribution is 2.45. The van der Waals surface area contributed by atoms with Gasteiger partial charge in [0.05, 0.1) is 11.0 Å². The van der Waals surface area contributed by atoms with Gasteiger partial charge in [0.1, 0.15) is 28.7 Å². The maximum absolute atomic E-state index is 6.82. The van der Waals surface area contributed by atoms with E-state index in [4.69, 9.17) is 9.72 Å². The standard InChI is InChI=1S/C58H43N4O/c1-58(2,3)39-32-33-59-55(34-39)62-52-28-12-11-24-48(52)49-31-30-42(36-54(49)62)63-41-19-13-18-40(35-41)60-37-61-56-43(38-16-5-4-6-17-38)25-14-26-50(56)46-22-9-7-20-44(46)45-21-8-10-23-47(45)51-27-15-29-53(60)57(51)61/h4-37H,1-3H3/q+1. The summed E-state index contributed by atoms with van der Waals surface area (Å²) in [5, 5.41) is 2.33. The van der Waals surface area contributed by atoms with Crippen molar-refractivity contribution in [2.75, 3.05) is 0 Å². The van der Waals surface area contributed by atoms with Crippen LogP contribution >= 0.6 is 0 Å². The van der Waals surface area contributed by atoms with Crippen molar-refractivity contribution < 1.29 is 9.30 Å². The van der Waals surface area contributed by atoms with Gasteiger partial charge in [0.25, 0.3) is 6.33 Å². The first kappa shape index (κ1) is 36.8. The second-order valence-corrected chi connectivity index (χ2v) is 17.5. The summed E-state index contributed by atoms with van der Waals surface area (Å²) < 4.78 is 13.8. The molecule has 0 radical (unpaired) electrons. The molecule has 0 spiro atoms. The Labute approximate surface area is 366 Å². The van der Waals surface area contributed by atoms with Gasteiger partial charge >= 0.3 is 0 Å². The number of pyridine rings is 1. The van der Waals surface area contributed by atoms with Crippen LogP contribution in [-0.2, 0) is 5.41 Å². The number of imidazole rings is 1. The van der Waals surface area contributed by atoms with Gasteiger partial charge in [0, 0.05) is 45.8 Å². The van der Waals surface area contributed by atoms with Crippen LogP contribution in [0.5, 0.6) is 11.5 Å². The Morgan fingerprint density at radius 2 is 1.08 bits per heavy atom. The van der Waals surface area contributed by atoms with E-state index in [2.05, 4.69) is 229 Å². The molecular weight excluding hydrogens is 769 g/mol. The van der Waals surface area contributed by atoms with E-state index in [1.165, 1.54) is 49.9 Å². The molecule has 1 aliphatic heterocycles. The smallest absolute Gasteiger partial charge is 0.255 e. The molecule has 4 heterocycles. The zero-order valence-electron chi connectivity index (χ0n) is 35.3. The molecule has 12 rings (SSSR count). The molecule has 0 atom stereocenters. The lowest BCUT2D eigenvalue weighted by Gasteiger charge is -2.20. The van der Waals surface area contributed by atoms with E-state index in [1.807, 2.05) is 12.3 Å². The summed E-state index contributed by atoms with van der Waals surface area (Å²) in [5.41, 5.74) is 17.2. The van der Waals surface area contributed by atoms with Gasteiger partial charge in [-0.05, 0) is 93.4 Å². The number of hydrogen-bond donors (Lipinski definition) is 0. The van der Waals surface area contributed by atoms with Crippen LogP contribution < -0.4 is 9.30 Å². The number of fused-ring (bicyclic) bond motifs is 10. The van der Waals surface area contributed by atoms with Gasteiger partial charge in [-0.25, -0.2) is 4.98 Å². The first-order valence-corrected chi connectivity index (χ1v) is 21.6. The normalized spacial score (nSPS) is 12.0. The molecule has 3 aromatic heterocycles. The van der Waals surface area contributed by atoms with E-state index in [1.54, 1.807) is 0 Å².